The number of carbonyl (C=O) groups is 1. The minimum Gasteiger partial charge on any atom is -0.481 e. The van der Waals surface area contributed by atoms with Crippen LogP contribution in [0.5, 0.6) is 0 Å². The van der Waals surface area contributed by atoms with Gasteiger partial charge in [-0.2, -0.15) is 0 Å². The molecule has 0 bridgehead atoms. The first-order chi connectivity index (χ1) is 13.1. The summed E-state index contributed by atoms with van der Waals surface area (Å²) in [5, 5.41) is 8.90. The van der Waals surface area contributed by atoms with Crippen LogP contribution in [-0.4, -0.2) is 37.1 Å². The van der Waals surface area contributed by atoms with Gasteiger partial charge in [-0.1, -0.05) is 39.0 Å². The number of nitrogens with zero attached hydrogens (tertiary/aromatic N) is 1. The fraction of sp³-hybridized carbons (Fsp3) is 0.636. The molecule has 0 aliphatic carbocycles. The Bertz CT molecular complexity index is 654. The van der Waals surface area contributed by atoms with Crippen molar-refractivity contribution >= 4 is 14.3 Å². The summed E-state index contributed by atoms with van der Waals surface area (Å²) in [6.07, 6.45) is 10.4. The molecule has 0 spiro atoms. The first kappa shape index (κ1) is 22.8. The Morgan fingerprint density at radius 1 is 1.36 bits per heavy atom. The maximum atomic E-state index is 10.6. The van der Waals surface area contributed by atoms with E-state index in [-0.39, 0.29) is 29.6 Å². The van der Waals surface area contributed by atoms with Crippen LogP contribution in [0, 0.1) is 5.92 Å². The summed E-state index contributed by atoms with van der Waals surface area (Å²) in [6.45, 7) is 12.0. The first-order valence-electron chi connectivity index (χ1n) is 10.2. The highest BCUT2D eigenvalue weighted by atomic mass is 28.4. The molecular formula is C22H35NO4Si. The quantitative estimate of drug-likeness (QED) is 0.442. The Balaban J connectivity index is 2.07. The highest BCUT2D eigenvalue weighted by molar-refractivity contribution is 6.74. The zero-order valence-electron chi connectivity index (χ0n) is 17.9. The number of hydrogen-bond donors (Lipinski definition) is 1. The summed E-state index contributed by atoms with van der Waals surface area (Å²) < 4.78 is 12.9. The van der Waals surface area contributed by atoms with Gasteiger partial charge < -0.3 is 14.3 Å². The molecule has 0 saturated carbocycles. The number of carboxylic acids is 1. The molecule has 156 valence electrons. The number of ether oxygens (including phenoxy) is 1. The molecule has 1 aromatic heterocycles. The van der Waals surface area contributed by atoms with E-state index in [1.165, 1.54) is 0 Å². The molecule has 1 aliphatic rings. The number of rotatable bonds is 9. The molecule has 5 nitrogen and oxygen atoms in total. The molecule has 1 N–H and O–H groups in total. The predicted octanol–water partition coefficient (Wildman–Crippen LogP) is 5.36. The minimum atomic E-state index is -1.89. The van der Waals surface area contributed by atoms with Crippen LogP contribution in [0.25, 0.3) is 0 Å². The van der Waals surface area contributed by atoms with Gasteiger partial charge >= 0.3 is 5.97 Å². The first-order valence-corrected chi connectivity index (χ1v) is 13.1. The number of pyridine rings is 1. The van der Waals surface area contributed by atoms with Gasteiger partial charge in [-0.25, -0.2) is 0 Å². The average molecular weight is 406 g/mol. The number of carboxylic acid groups (broad SMARTS) is 1. The third kappa shape index (κ3) is 6.26. The van der Waals surface area contributed by atoms with E-state index in [4.69, 9.17) is 14.3 Å². The van der Waals surface area contributed by atoms with E-state index in [1.807, 2.05) is 18.3 Å². The Kier molecular flexibility index (Phi) is 7.98. The monoisotopic (exact) mass is 405 g/mol. The molecule has 0 radical (unpaired) electrons. The average Bonchev–Trinajstić information content (AvgIpc) is 2.99. The van der Waals surface area contributed by atoms with Crippen LogP contribution < -0.4 is 0 Å². The molecule has 1 aromatic rings. The van der Waals surface area contributed by atoms with Gasteiger partial charge in [0, 0.05) is 24.7 Å². The van der Waals surface area contributed by atoms with Crippen molar-refractivity contribution < 1.29 is 19.1 Å². The smallest absolute Gasteiger partial charge is 0.303 e. The number of aromatic nitrogens is 1. The van der Waals surface area contributed by atoms with Crippen molar-refractivity contribution in [2.24, 2.45) is 5.92 Å². The normalized spacial score (nSPS) is 23.4. The van der Waals surface area contributed by atoms with Gasteiger partial charge in [-0.15, -0.1) is 0 Å². The molecular weight excluding hydrogens is 370 g/mol. The molecule has 6 heteroatoms. The van der Waals surface area contributed by atoms with Gasteiger partial charge in [0.25, 0.3) is 0 Å². The predicted molar refractivity (Wildman–Crippen MR) is 114 cm³/mol. The summed E-state index contributed by atoms with van der Waals surface area (Å²) in [7, 11) is -1.89. The van der Waals surface area contributed by atoms with Crippen molar-refractivity contribution in [3.05, 3.63) is 42.2 Å². The summed E-state index contributed by atoms with van der Waals surface area (Å²) in [5.74, 6) is -0.490. The number of aliphatic carboxylic acids is 1. The highest BCUT2D eigenvalue weighted by Crippen LogP contribution is 2.44. The molecule has 0 aromatic carbocycles. The number of allylic oxidation sites excluding steroid dienone is 2. The second-order valence-electron chi connectivity index (χ2n) is 9.10. The second-order valence-corrected chi connectivity index (χ2v) is 13.9. The van der Waals surface area contributed by atoms with E-state index in [2.05, 4.69) is 51.0 Å². The molecule has 0 amide bonds. The van der Waals surface area contributed by atoms with E-state index in [0.29, 0.717) is 13.0 Å². The van der Waals surface area contributed by atoms with E-state index < -0.39 is 14.3 Å². The summed E-state index contributed by atoms with van der Waals surface area (Å²) in [6, 6.07) is 4.02. The van der Waals surface area contributed by atoms with Crippen molar-refractivity contribution in [2.75, 3.05) is 6.61 Å². The van der Waals surface area contributed by atoms with Crippen LogP contribution in [0.1, 0.15) is 58.1 Å². The second kappa shape index (κ2) is 9.81. The summed E-state index contributed by atoms with van der Waals surface area (Å²) in [5.41, 5.74) is 1.10. The number of hydrogen-bond acceptors (Lipinski definition) is 4. The zero-order valence-corrected chi connectivity index (χ0v) is 18.9. The molecule has 2 heterocycles. The van der Waals surface area contributed by atoms with Crippen LogP contribution >= 0.6 is 0 Å². The molecule has 0 unspecified atom stereocenters. The maximum absolute atomic E-state index is 10.6. The van der Waals surface area contributed by atoms with Crippen LogP contribution in [-0.2, 0) is 14.0 Å². The lowest BCUT2D eigenvalue weighted by atomic mass is 9.90. The van der Waals surface area contributed by atoms with Gasteiger partial charge in [0.1, 0.15) is 0 Å². The largest absolute Gasteiger partial charge is 0.481 e. The molecule has 3 atom stereocenters. The summed E-state index contributed by atoms with van der Waals surface area (Å²) in [4.78, 5) is 14.9. The third-order valence-electron chi connectivity index (χ3n) is 5.93. The van der Waals surface area contributed by atoms with E-state index in [9.17, 15) is 4.79 Å². The van der Waals surface area contributed by atoms with Gasteiger partial charge in [-0.05, 0) is 49.0 Å². The molecule has 2 rings (SSSR count). The van der Waals surface area contributed by atoms with Crippen molar-refractivity contribution in [1.29, 1.82) is 0 Å². The standard InChI is InChI=1S/C22H35NO4Si/c1-22(2,3)28(4,5)27-19-16-26-21(17-11-10-14-23-15-17)18(19)12-8-6-7-9-13-20(24)25/h6-7,10-11,14-15,18-19,21H,8-9,12-13,16H2,1-5H3,(H,24,25)/b7-6-/t18-,19-,21-/m1/s1. The van der Waals surface area contributed by atoms with Crippen molar-refractivity contribution in [2.45, 2.75) is 76.8 Å². The molecule has 1 fully saturated rings. The van der Waals surface area contributed by atoms with Crippen LogP contribution in [0.15, 0.2) is 36.7 Å². The molecule has 28 heavy (non-hydrogen) atoms. The van der Waals surface area contributed by atoms with Gasteiger partial charge in [0.15, 0.2) is 8.32 Å². The van der Waals surface area contributed by atoms with Crippen molar-refractivity contribution in [1.82, 2.24) is 4.98 Å². The van der Waals surface area contributed by atoms with E-state index >= 15 is 0 Å². The van der Waals surface area contributed by atoms with Crippen LogP contribution in [0.2, 0.25) is 18.1 Å². The SMILES string of the molecule is CC(C)(C)[Si](C)(C)O[C@@H]1CO[C@H](c2cccnc2)[C@@H]1CC/C=C\CCC(=O)O. The lowest BCUT2D eigenvalue weighted by molar-refractivity contribution is -0.136. The van der Waals surface area contributed by atoms with Crippen LogP contribution in [0.4, 0.5) is 0 Å². The Morgan fingerprint density at radius 2 is 2.07 bits per heavy atom. The van der Waals surface area contributed by atoms with Gasteiger partial charge in [0.05, 0.1) is 18.8 Å². The van der Waals surface area contributed by atoms with Gasteiger partial charge in [-0.3, -0.25) is 9.78 Å². The van der Waals surface area contributed by atoms with E-state index in [1.54, 1.807) is 6.20 Å². The lowest BCUT2D eigenvalue weighted by Crippen LogP contribution is -2.45. The molecule has 1 saturated heterocycles. The topological polar surface area (TPSA) is 68.7 Å². The Morgan fingerprint density at radius 3 is 2.68 bits per heavy atom. The molecule has 1 aliphatic heterocycles. The third-order valence-corrected chi connectivity index (χ3v) is 10.4. The summed E-state index contributed by atoms with van der Waals surface area (Å²) >= 11 is 0. The van der Waals surface area contributed by atoms with Crippen molar-refractivity contribution in [3.8, 4) is 0 Å². The lowest BCUT2D eigenvalue weighted by Gasteiger charge is -2.39. The Labute approximate surface area is 170 Å². The fourth-order valence-electron chi connectivity index (χ4n) is 3.27. The highest BCUT2D eigenvalue weighted by Gasteiger charge is 2.45. The minimum absolute atomic E-state index is 0.00381. The Hall–Kier alpha value is -1.50. The van der Waals surface area contributed by atoms with Gasteiger partial charge in [0.2, 0.25) is 0 Å². The van der Waals surface area contributed by atoms with E-state index in [0.717, 1.165) is 18.4 Å². The maximum Gasteiger partial charge on any atom is 0.303 e. The fourth-order valence-corrected chi connectivity index (χ4v) is 4.63. The van der Waals surface area contributed by atoms with Crippen molar-refractivity contribution in [3.63, 3.8) is 0 Å². The van der Waals surface area contributed by atoms with Crippen LogP contribution in [0.3, 0.4) is 0 Å². The zero-order chi connectivity index (χ0) is 20.8.